The molecule has 0 bridgehead atoms. The number of carbonyl (C=O) groups excluding carboxylic acids is 1. The van der Waals surface area contributed by atoms with E-state index in [9.17, 15) is 9.59 Å². The van der Waals surface area contributed by atoms with Crippen molar-refractivity contribution in [2.45, 2.75) is 6.92 Å². The smallest absolute Gasteiger partial charge is 0.341 e. The van der Waals surface area contributed by atoms with Crippen LogP contribution in [0, 0.1) is 6.92 Å². The van der Waals surface area contributed by atoms with Crippen LogP contribution in [0.1, 0.15) is 15.4 Å². The molecule has 0 saturated carbocycles. The van der Waals surface area contributed by atoms with E-state index in [0.717, 1.165) is 16.1 Å². The number of aliphatic carboxylic acids is 1. The van der Waals surface area contributed by atoms with Crippen LogP contribution in [0.25, 0.3) is 11.3 Å². The topological polar surface area (TPSA) is 102 Å². The van der Waals surface area contributed by atoms with E-state index in [1.54, 1.807) is 36.4 Å². The lowest BCUT2D eigenvalue weighted by Crippen LogP contribution is -2.10. The van der Waals surface area contributed by atoms with E-state index in [-0.39, 0.29) is 11.7 Å². The molecule has 0 radical (unpaired) electrons. The fraction of sp³-hybridized carbons (Fsp3) is 0.118. The molecule has 2 aromatic heterocycles. The highest BCUT2D eigenvalue weighted by Gasteiger charge is 2.14. The molecule has 8 heteroatoms. The monoisotopic (exact) mass is 358 g/mol. The summed E-state index contributed by atoms with van der Waals surface area (Å²) < 4.78 is 10.2. The predicted molar refractivity (Wildman–Crippen MR) is 92.1 cm³/mol. The molecular weight excluding hydrogens is 344 g/mol. The van der Waals surface area contributed by atoms with Gasteiger partial charge in [-0.2, -0.15) is 0 Å². The highest BCUT2D eigenvalue weighted by atomic mass is 32.1. The molecule has 2 heterocycles. The number of hydrogen-bond acceptors (Lipinski definition) is 6. The molecule has 0 unspecified atom stereocenters. The molecule has 1 amide bonds. The third kappa shape index (κ3) is 4.04. The third-order valence-electron chi connectivity index (χ3n) is 3.25. The Hall–Kier alpha value is -3.13. The Morgan fingerprint density at radius 1 is 1.28 bits per heavy atom. The number of rotatable bonds is 6. The predicted octanol–water partition coefficient (Wildman–Crippen LogP) is 3.43. The van der Waals surface area contributed by atoms with Gasteiger partial charge in [-0.3, -0.25) is 10.1 Å². The summed E-state index contributed by atoms with van der Waals surface area (Å²) in [5.41, 5.74) is 1.58. The Morgan fingerprint density at radius 2 is 2.04 bits per heavy atom. The second kappa shape index (κ2) is 7.18. The quantitative estimate of drug-likeness (QED) is 0.700. The van der Waals surface area contributed by atoms with Gasteiger partial charge in [-0.25, -0.2) is 9.78 Å². The minimum Gasteiger partial charge on any atom is -0.482 e. The van der Waals surface area contributed by atoms with Gasteiger partial charge in [0.15, 0.2) is 17.5 Å². The first kappa shape index (κ1) is 16.7. The zero-order chi connectivity index (χ0) is 17.8. The molecular formula is C17H14N2O5S. The molecule has 128 valence electrons. The molecule has 3 aromatic rings. The number of carboxylic acid groups (broad SMARTS) is 1. The van der Waals surface area contributed by atoms with Crippen molar-refractivity contribution in [2.75, 3.05) is 11.9 Å². The first-order valence-electron chi connectivity index (χ1n) is 7.30. The van der Waals surface area contributed by atoms with Crippen LogP contribution in [0.5, 0.6) is 5.75 Å². The van der Waals surface area contributed by atoms with Crippen molar-refractivity contribution >= 4 is 28.3 Å². The van der Waals surface area contributed by atoms with Crippen LogP contribution in [0.2, 0.25) is 0 Å². The van der Waals surface area contributed by atoms with Crippen molar-refractivity contribution in [3.05, 3.63) is 53.3 Å². The van der Waals surface area contributed by atoms with Gasteiger partial charge in [0.05, 0.1) is 12.0 Å². The molecule has 25 heavy (non-hydrogen) atoms. The Kier molecular flexibility index (Phi) is 4.80. The van der Waals surface area contributed by atoms with Crippen LogP contribution < -0.4 is 10.1 Å². The van der Waals surface area contributed by atoms with Crippen LogP contribution >= 0.6 is 11.3 Å². The summed E-state index contributed by atoms with van der Waals surface area (Å²) in [5.74, 6) is -0.709. The number of nitrogens with one attached hydrogen (secondary N) is 1. The number of hydrogen-bond donors (Lipinski definition) is 2. The lowest BCUT2D eigenvalue weighted by Gasteiger charge is -2.04. The van der Waals surface area contributed by atoms with E-state index in [4.69, 9.17) is 14.3 Å². The first-order valence-corrected chi connectivity index (χ1v) is 8.12. The number of anilines is 1. The SMILES string of the molecule is Cc1sc(NC(=O)c2ccco2)nc1-c1ccc(OCC(=O)O)cc1. The Bertz CT molecular complexity index is 884. The molecule has 7 nitrogen and oxygen atoms in total. The number of carboxylic acids is 1. The van der Waals surface area contributed by atoms with E-state index in [1.807, 2.05) is 6.92 Å². The maximum absolute atomic E-state index is 12.0. The minimum atomic E-state index is -1.03. The number of carbonyl (C=O) groups is 2. The van der Waals surface area contributed by atoms with Crippen molar-refractivity contribution in [2.24, 2.45) is 0 Å². The number of nitrogens with zero attached hydrogens (tertiary/aromatic N) is 1. The van der Waals surface area contributed by atoms with Crippen LogP contribution in [-0.2, 0) is 4.79 Å². The fourth-order valence-electron chi connectivity index (χ4n) is 2.14. The van der Waals surface area contributed by atoms with Gasteiger partial charge >= 0.3 is 5.97 Å². The summed E-state index contributed by atoms with van der Waals surface area (Å²) in [7, 11) is 0. The zero-order valence-corrected chi connectivity index (χ0v) is 14.0. The molecule has 0 fully saturated rings. The molecule has 0 spiro atoms. The third-order valence-corrected chi connectivity index (χ3v) is 4.14. The van der Waals surface area contributed by atoms with E-state index in [0.29, 0.717) is 10.9 Å². The lowest BCUT2D eigenvalue weighted by molar-refractivity contribution is -0.139. The van der Waals surface area contributed by atoms with Crippen molar-refractivity contribution in [3.8, 4) is 17.0 Å². The highest BCUT2D eigenvalue weighted by molar-refractivity contribution is 7.16. The molecule has 0 aliphatic heterocycles. The second-order valence-corrected chi connectivity index (χ2v) is 6.27. The van der Waals surface area contributed by atoms with Crippen molar-refractivity contribution < 1.29 is 23.8 Å². The summed E-state index contributed by atoms with van der Waals surface area (Å²) >= 11 is 1.36. The van der Waals surface area contributed by atoms with Crippen LogP contribution in [0.4, 0.5) is 5.13 Å². The molecule has 0 saturated heterocycles. The molecule has 2 N–H and O–H groups in total. The van der Waals surface area contributed by atoms with E-state index in [1.165, 1.54) is 17.6 Å². The van der Waals surface area contributed by atoms with Gasteiger partial charge in [0.25, 0.3) is 5.91 Å². The van der Waals surface area contributed by atoms with Crippen LogP contribution in [0.3, 0.4) is 0 Å². The van der Waals surface area contributed by atoms with Gasteiger partial charge < -0.3 is 14.3 Å². The molecule has 0 aliphatic carbocycles. The van der Waals surface area contributed by atoms with E-state index < -0.39 is 12.6 Å². The lowest BCUT2D eigenvalue weighted by atomic mass is 10.1. The molecule has 0 atom stereocenters. The van der Waals surface area contributed by atoms with Gasteiger partial charge in [0.2, 0.25) is 0 Å². The standard InChI is InChI=1S/C17H14N2O5S/c1-10-15(11-4-6-12(7-5-11)24-9-14(20)21)18-17(25-10)19-16(22)13-3-2-8-23-13/h2-8H,9H2,1H3,(H,20,21)(H,18,19,22). The maximum Gasteiger partial charge on any atom is 0.341 e. The van der Waals surface area contributed by atoms with Gasteiger partial charge in [-0.05, 0) is 43.3 Å². The Balaban J connectivity index is 1.73. The van der Waals surface area contributed by atoms with Crippen LogP contribution in [0.15, 0.2) is 47.1 Å². The number of ether oxygens (including phenoxy) is 1. The largest absolute Gasteiger partial charge is 0.482 e. The number of aromatic nitrogens is 1. The Labute approximate surface area is 146 Å². The number of aryl methyl sites for hydroxylation is 1. The van der Waals surface area contributed by atoms with Gasteiger partial charge in [0.1, 0.15) is 5.75 Å². The second-order valence-electron chi connectivity index (χ2n) is 5.06. The maximum atomic E-state index is 12.0. The normalized spacial score (nSPS) is 10.4. The number of thiazole rings is 1. The number of benzene rings is 1. The summed E-state index contributed by atoms with van der Waals surface area (Å²) in [6.07, 6.45) is 1.43. The summed E-state index contributed by atoms with van der Waals surface area (Å²) in [6, 6.07) is 10.2. The van der Waals surface area contributed by atoms with Gasteiger partial charge in [-0.1, -0.05) is 0 Å². The number of furan rings is 1. The molecule has 3 rings (SSSR count). The van der Waals surface area contributed by atoms with E-state index in [2.05, 4.69) is 10.3 Å². The summed E-state index contributed by atoms with van der Waals surface area (Å²) in [5, 5.41) is 11.8. The average Bonchev–Trinajstić information content (AvgIpc) is 3.23. The highest BCUT2D eigenvalue weighted by Crippen LogP contribution is 2.31. The number of amides is 1. The fourth-order valence-corrected chi connectivity index (χ4v) is 2.97. The van der Waals surface area contributed by atoms with Crippen LogP contribution in [-0.4, -0.2) is 28.6 Å². The van der Waals surface area contributed by atoms with Crippen molar-refractivity contribution in [1.29, 1.82) is 0 Å². The minimum absolute atomic E-state index is 0.217. The zero-order valence-electron chi connectivity index (χ0n) is 13.2. The average molecular weight is 358 g/mol. The summed E-state index contributed by atoms with van der Waals surface area (Å²) in [4.78, 5) is 27.9. The van der Waals surface area contributed by atoms with Crippen molar-refractivity contribution in [1.82, 2.24) is 4.98 Å². The Morgan fingerprint density at radius 3 is 2.68 bits per heavy atom. The summed E-state index contributed by atoms with van der Waals surface area (Å²) in [6.45, 7) is 1.52. The van der Waals surface area contributed by atoms with E-state index >= 15 is 0 Å². The van der Waals surface area contributed by atoms with Crippen molar-refractivity contribution in [3.63, 3.8) is 0 Å². The molecule has 0 aliphatic rings. The van der Waals surface area contributed by atoms with Gasteiger partial charge in [-0.15, -0.1) is 11.3 Å². The molecule has 1 aromatic carbocycles. The first-order chi connectivity index (χ1) is 12.0. The van der Waals surface area contributed by atoms with Gasteiger partial charge in [0, 0.05) is 10.4 Å².